The minimum atomic E-state index is -0.371. The van der Waals surface area contributed by atoms with Crippen LogP contribution in [0.5, 0.6) is 11.5 Å². The maximum Gasteiger partial charge on any atom is 0.190 e. The minimum absolute atomic E-state index is 0.271. The van der Waals surface area contributed by atoms with Crippen molar-refractivity contribution in [3.63, 3.8) is 0 Å². The van der Waals surface area contributed by atoms with Crippen molar-refractivity contribution < 1.29 is 13.9 Å². The molecule has 26 heavy (non-hydrogen) atoms. The lowest BCUT2D eigenvalue weighted by atomic mass is 10.1. The first-order valence-corrected chi connectivity index (χ1v) is 8.25. The van der Waals surface area contributed by atoms with Gasteiger partial charge < -0.3 is 14.5 Å². The summed E-state index contributed by atoms with van der Waals surface area (Å²) in [5.74, 6) is 1.26. The minimum Gasteiger partial charge on any atom is -0.485 e. The van der Waals surface area contributed by atoms with Crippen LogP contribution < -0.4 is 9.47 Å². The van der Waals surface area contributed by atoms with Crippen LogP contribution in [0.1, 0.15) is 11.9 Å². The van der Waals surface area contributed by atoms with Gasteiger partial charge in [-0.15, -0.1) is 0 Å². The summed E-state index contributed by atoms with van der Waals surface area (Å²) in [6.45, 7) is 0.271. The smallest absolute Gasteiger partial charge is 0.190 e. The summed E-state index contributed by atoms with van der Waals surface area (Å²) < 4.78 is 24.8. The van der Waals surface area contributed by atoms with Crippen molar-refractivity contribution in [3.8, 4) is 22.6 Å². The van der Waals surface area contributed by atoms with Crippen molar-refractivity contribution in [2.24, 2.45) is 0 Å². The molecule has 6 heteroatoms. The molecular formula is C20H14FN3O2. The first-order chi connectivity index (χ1) is 12.8. The molecule has 4 aromatic rings. The molecule has 2 aromatic carbocycles. The fraction of sp³-hybridized carbons (Fsp3) is 0.100. The number of aromatic nitrogens is 3. The summed E-state index contributed by atoms with van der Waals surface area (Å²) in [6, 6.07) is 14.2. The van der Waals surface area contributed by atoms with Crippen molar-refractivity contribution in [1.29, 1.82) is 0 Å². The Kier molecular flexibility index (Phi) is 3.35. The Morgan fingerprint density at radius 3 is 2.73 bits per heavy atom. The molecule has 1 aliphatic rings. The molecule has 0 saturated carbocycles. The van der Waals surface area contributed by atoms with Crippen molar-refractivity contribution in [2.75, 3.05) is 6.61 Å². The van der Waals surface area contributed by atoms with Gasteiger partial charge in [0.15, 0.2) is 23.4 Å². The summed E-state index contributed by atoms with van der Waals surface area (Å²) in [7, 11) is 0. The maximum absolute atomic E-state index is 13.3. The SMILES string of the molecule is Fc1ccc2c(c1)OCC(c1nc3ccc(-c4ccncc4)cc3[nH]1)O2. The van der Waals surface area contributed by atoms with Gasteiger partial charge in [-0.25, -0.2) is 9.37 Å². The van der Waals surface area contributed by atoms with Crippen LogP contribution in [0, 0.1) is 5.82 Å². The lowest BCUT2D eigenvalue weighted by molar-refractivity contribution is 0.0854. The molecule has 1 unspecified atom stereocenters. The number of H-pyrrole nitrogens is 1. The second kappa shape index (κ2) is 5.84. The number of fused-ring (bicyclic) bond motifs is 2. The van der Waals surface area contributed by atoms with E-state index < -0.39 is 0 Å². The average Bonchev–Trinajstić information content (AvgIpc) is 3.11. The van der Waals surface area contributed by atoms with Gasteiger partial charge in [-0.3, -0.25) is 4.98 Å². The highest BCUT2D eigenvalue weighted by molar-refractivity contribution is 5.82. The van der Waals surface area contributed by atoms with Gasteiger partial charge in [0.25, 0.3) is 0 Å². The van der Waals surface area contributed by atoms with Crippen molar-refractivity contribution >= 4 is 11.0 Å². The monoisotopic (exact) mass is 347 g/mol. The number of hydrogen-bond donors (Lipinski definition) is 1. The summed E-state index contributed by atoms with van der Waals surface area (Å²) in [5.41, 5.74) is 3.94. The van der Waals surface area contributed by atoms with Gasteiger partial charge in [0, 0.05) is 18.5 Å². The van der Waals surface area contributed by atoms with Gasteiger partial charge in [-0.05, 0) is 47.5 Å². The number of aromatic amines is 1. The fourth-order valence-corrected chi connectivity index (χ4v) is 3.09. The number of nitrogens with one attached hydrogen (secondary N) is 1. The van der Waals surface area contributed by atoms with E-state index in [9.17, 15) is 4.39 Å². The van der Waals surface area contributed by atoms with E-state index in [1.807, 2.05) is 30.3 Å². The van der Waals surface area contributed by atoms with E-state index in [1.165, 1.54) is 12.1 Å². The summed E-state index contributed by atoms with van der Waals surface area (Å²) in [6.07, 6.45) is 3.17. The Labute approximate surface area is 148 Å². The number of nitrogens with zero attached hydrogens (tertiary/aromatic N) is 2. The molecule has 1 N–H and O–H groups in total. The third kappa shape index (κ3) is 2.56. The lowest BCUT2D eigenvalue weighted by Gasteiger charge is -2.25. The zero-order chi connectivity index (χ0) is 17.5. The van der Waals surface area contributed by atoms with E-state index in [-0.39, 0.29) is 18.5 Å². The molecule has 3 heterocycles. The van der Waals surface area contributed by atoms with Crippen LogP contribution in [0.4, 0.5) is 4.39 Å². The Hall–Kier alpha value is -3.41. The number of ether oxygens (including phenoxy) is 2. The number of halogens is 1. The van der Waals surface area contributed by atoms with Crippen molar-refractivity contribution in [3.05, 3.63) is 72.6 Å². The van der Waals surface area contributed by atoms with Crippen molar-refractivity contribution in [2.45, 2.75) is 6.10 Å². The van der Waals surface area contributed by atoms with Crippen LogP contribution in [0.3, 0.4) is 0 Å². The predicted octanol–water partition coefficient (Wildman–Crippen LogP) is 4.28. The Morgan fingerprint density at radius 1 is 0.962 bits per heavy atom. The van der Waals surface area contributed by atoms with E-state index in [4.69, 9.17) is 9.47 Å². The summed E-state index contributed by atoms with van der Waals surface area (Å²) >= 11 is 0. The normalized spacial score (nSPS) is 16.0. The first kappa shape index (κ1) is 14.9. The van der Waals surface area contributed by atoms with E-state index in [0.717, 1.165) is 22.2 Å². The molecule has 128 valence electrons. The van der Waals surface area contributed by atoms with Crippen LogP contribution >= 0.6 is 0 Å². The second-order valence-electron chi connectivity index (χ2n) is 6.10. The molecule has 0 fully saturated rings. The number of rotatable bonds is 2. The molecule has 0 aliphatic carbocycles. The van der Waals surface area contributed by atoms with Crippen LogP contribution in [-0.2, 0) is 0 Å². The predicted molar refractivity (Wildman–Crippen MR) is 94.6 cm³/mol. The third-order valence-electron chi connectivity index (χ3n) is 4.38. The van der Waals surface area contributed by atoms with Crippen molar-refractivity contribution in [1.82, 2.24) is 15.0 Å². The highest BCUT2D eigenvalue weighted by Gasteiger charge is 2.25. The largest absolute Gasteiger partial charge is 0.485 e. The van der Waals surface area contributed by atoms with Crippen LogP contribution in [0.2, 0.25) is 0 Å². The Morgan fingerprint density at radius 2 is 1.85 bits per heavy atom. The zero-order valence-corrected chi connectivity index (χ0v) is 13.6. The van der Waals surface area contributed by atoms with E-state index in [0.29, 0.717) is 17.3 Å². The Bertz CT molecular complexity index is 1090. The number of imidazole rings is 1. The van der Waals surface area contributed by atoms with Gasteiger partial charge in [0.1, 0.15) is 12.4 Å². The second-order valence-corrected chi connectivity index (χ2v) is 6.10. The first-order valence-electron chi connectivity index (χ1n) is 8.25. The molecule has 5 rings (SSSR count). The molecular weight excluding hydrogens is 333 g/mol. The number of hydrogen-bond acceptors (Lipinski definition) is 4. The van der Waals surface area contributed by atoms with Gasteiger partial charge in [0.2, 0.25) is 0 Å². The topological polar surface area (TPSA) is 60.0 Å². The van der Waals surface area contributed by atoms with E-state index in [1.54, 1.807) is 18.5 Å². The van der Waals surface area contributed by atoms with Crippen LogP contribution in [-0.4, -0.2) is 21.6 Å². The molecule has 0 bridgehead atoms. The van der Waals surface area contributed by atoms with E-state index in [2.05, 4.69) is 15.0 Å². The van der Waals surface area contributed by atoms with Gasteiger partial charge in [-0.2, -0.15) is 0 Å². The van der Waals surface area contributed by atoms with Gasteiger partial charge >= 0.3 is 0 Å². The number of pyridine rings is 1. The highest BCUT2D eigenvalue weighted by atomic mass is 19.1. The van der Waals surface area contributed by atoms with Crippen LogP contribution in [0.25, 0.3) is 22.2 Å². The fourth-order valence-electron chi connectivity index (χ4n) is 3.09. The molecule has 2 aromatic heterocycles. The van der Waals surface area contributed by atoms with E-state index >= 15 is 0 Å². The quantitative estimate of drug-likeness (QED) is 0.588. The van der Waals surface area contributed by atoms with Gasteiger partial charge in [0.05, 0.1) is 11.0 Å². The standard InChI is InChI=1S/C20H14FN3O2/c21-14-2-4-17-18(10-14)25-11-19(26-17)20-23-15-3-1-13(9-16(15)24-20)12-5-7-22-8-6-12/h1-10,19H,11H2,(H,23,24). The maximum atomic E-state index is 13.3. The molecule has 1 atom stereocenters. The lowest BCUT2D eigenvalue weighted by Crippen LogP contribution is -2.22. The zero-order valence-electron chi connectivity index (χ0n) is 13.6. The van der Waals surface area contributed by atoms with Crippen LogP contribution in [0.15, 0.2) is 60.9 Å². The highest BCUT2D eigenvalue weighted by Crippen LogP contribution is 2.36. The average molecular weight is 347 g/mol. The Balaban J connectivity index is 1.47. The number of benzene rings is 2. The molecule has 1 aliphatic heterocycles. The molecule has 5 nitrogen and oxygen atoms in total. The van der Waals surface area contributed by atoms with Gasteiger partial charge in [-0.1, -0.05) is 6.07 Å². The summed E-state index contributed by atoms with van der Waals surface area (Å²) in [4.78, 5) is 12.0. The molecule has 0 spiro atoms. The molecule has 0 amide bonds. The molecule has 0 radical (unpaired) electrons. The third-order valence-corrected chi connectivity index (χ3v) is 4.38. The summed E-state index contributed by atoms with van der Waals surface area (Å²) in [5, 5.41) is 0. The molecule has 0 saturated heterocycles.